The molecule has 1 rings (SSSR count). The van der Waals surface area contributed by atoms with Crippen LogP contribution in [0, 0.1) is 11.8 Å². The summed E-state index contributed by atoms with van der Waals surface area (Å²) in [6.45, 7) is 0.226. The van der Waals surface area contributed by atoms with Crippen molar-refractivity contribution in [3.63, 3.8) is 0 Å². The predicted molar refractivity (Wildman–Crippen MR) is 52.8 cm³/mol. The fraction of sp³-hybridized carbons (Fsp3) is 0.667. The highest BCUT2D eigenvalue weighted by Crippen LogP contribution is 2.23. The molecule has 0 spiro atoms. The third-order valence-corrected chi connectivity index (χ3v) is 2.68. The number of aliphatic carboxylic acids is 2. The van der Waals surface area contributed by atoms with Gasteiger partial charge in [0.15, 0.2) is 0 Å². The summed E-state index contributed by atoms with van der Waals surface area (Å²) in [5.41, 5.74) is 0. The van der Waals surface area contributed by atoms with Crippen molar-refractivity contribution in [3.05, 3.63) is 0 Å². The Kier molecular flexibility index (Phi) is 3.83. The van der Waals surface area contributed by atoms with Gasteiger partial charge in [-0.15, -0.1) is 0 Å². The Bertz CT molecular complexity index is 295. The van der Waals surface area contributed by atoms with Crippen LogP contribution in [0.4, 0.5) is 0 Å². The second kappa shape index (κ2) is 4.93. The highest BCUT2D eigenvalue weighted by Gasteiger charge is 2.42. The number of hydrogen-bond acceptors (Lipinski definition) is 4. The predicted octanol–water partition coefficient (Wildman–Crippen LogP) is -1.55. The Morgan fingerprint density at radius 3 is 1.94 bits per heavy atom. The molecule has 1 aliphatic heterocycles. The lowest BCUT2D eigenvalue weighted by molar-refractivity contribution is -0.151. The molecule has 90 valence electrons. The van der Waals surface area contributed by atoms with E-state index < -0.39 is 23.8 Å². The fourth-order valence-corrected chi connectivity index (χ4v) is 1.80. The molecule has 0 saturated carbocycles. The molecule has 0 radical (unpaired) electrons. The minimum atomic E-state index is -1.13. The summed E-state index contributed by atoms with van der Waals surface area (Å²) in [4.78, 5) is 34.3. The van der Waals surface area contributed by atoms with Gasteiger partial charge in [0.2, 0.25) is 5.91 Å². The molecule has 7 nitrogen and oxygen atoms in total. The molecule has 1 heterocycles. The van der Waals surface area contributed by atoms with E-state index in [2.05, 4.69) is 5.32 Å². The minimum absolute atomic E-state index is 0.0318. The fourth-order valence-electron chi connectivity index (χ4n) is 1.80. The van der Waals surface area contributed by atoms with Crippen LogP contribution in [0.15, 0.2) is 0 Å². The number of carbonyl (C=O) groups is 3. The van der Waals surface area contributed by atoms with Crippen LogP contribution in [0.2, 0.25) is 0 Å². The van der Waals surface area contributed by atoms with Gasteiger partial charge in [-0.2, -0.15) is 0 Å². The molecular weight excluding hydrogens is 216 g/mol. The van der Waals surface area contributed by atoms with Crippen LogP contribution in [0.25, 0.3) is 0 Å². The molecule has 2 atom stereocenters. The lowest BCUT2D eigenvalue weighted by atomic mass is 9.97. The van der Waals surface area contributed by atoms with Gasteiger partial charge in [-0.1, -0.05) is 0 Å². The molecule has 1 saturated heterocycles. The molecule has 16 heavy (non-hydrogen) atoms. The summed E-state index contributed by atoms with van der Waals surface area (Å²) in [5.74, 6) is -4.40. The van der Waals surface area contributed by atoms with Gasteiger partial charge in [0.1, 0.15) is 0 Å². The second-order valence-corrected chi connectivity index (χ2v) is 3.76. The highest BCUT2D eigenvalue weighted by atomic mass is 16.4. The summed E-state index contributed by atoms with van der Waals surface area (Å²) in [6.07, 6.45) is 0. The van der Waals surface area contributed by atoms with Crippen molar-refractivity contribution in [2.45, 2.75) is 0 Å². The van der Waals surface area contributed by atoms with Crippen molar-refractivity contribution in [1.82, 2.24) is 10.2 Å². The lowest BCUT2D eigenvalue weighted by Gasteiger charge is -2.13. The number of carbonyl (C=O) groups excluding carboxylic acids is 1. The van der Waals surface area contributed by atoms with E-state index in [1.807, 2.05) is 0 Å². The number of carboxylic acids is 2. The van der Waals surface area contributed by atoms with Crippen molar-refractivity contribution in [1.29, 1.82) is 0 Å². The Balaban J connectivity index is 2.65. The number of nitrogens with zero attached hydrogens (tertiary/aromatic N) is 1. The Morgan fingerprint density at radius 2 is 1.62 bits per heavy atom. The smallest absolute Gasteiger partial charge is 0.308 e. The van der Waals surface area contributed by atoms with Crippen molar-refractivity contribution >= 4 is 17.8 Å². The maximum absolute atomic E-state index is 11.1. The van der Waals surface area contributed by atoms with E-state index in [9.17, 15) is 14.4 Å². The van der Waals surface area contributed by atoms with Crippen LogP contribution in [0.1, 0.15) is 0 Å². The zero-order valence-electron chi connectivity index (χ0n) is 8.84. The number of rotatable bonds is 4. The molecule has 0 bridgehead atoms. The van der Waals surface area contributed by atoms with Crippen LogP contribution < -0.4 is 5.32 Å². The SMILES string of the molecule is CNC(=O)CN1C[C@H](C(=O)O)[C@@H](C(=O)O)C1. The standard InChI is InChI=1S/C9H14N2O5/c1-10-7(12)4-11-2-5(8(13)14)6(3-11)9(15)16/h5-6H,2-4H2,1H3,(H,10,12)(H,13,14)(H,15,16)/t5-,6-/m0/s1. The molecule has 0 aromatic rings. The second-order valence-electron chi connectivity index (χ2n) is 3.76. The van der Waals surface area contributed by atoms with E-state index in [1.54, 1.807) is 0 Å². The molecule has 0 aromatic heterocycles. The summed E-state index contributed by atoms with van der Waals surface area (Å²) in [5, 5.41) is 20.1. The Morgan fingerprint density at radius 1 is 1.19 bits per heavy atom. The Hall–Kier alpha value is -1.63. The van der Waals surface area contributed by atoms with Crippen LogP contribution in [0.5, 0.6) is 0 Å². The third-order valence-electron chi connectivity index (χ3n) is 2.68. The molecule has 3 N–H and O–H groups in total. The van der Waals surface area contributed by atoms with Gasteiger partial charge in [0.25, 0.3) is 0 Å². The van der Waals surface area contributed by atoms with Gasteiger partial charge in [-0.25, -0.2) is 0 Å². The van der Waals surface area contributed by atoms with E-state index >= 15 is 0 Å². The maximum Gasteiger partial charge on any atom is 0.308 e. The van der Waals surface area contributed by atoms with Gasteiger partial charge in [0.05, 0.1) is 18.4 Å². The monoisotopic (exact) mass is 230 g/mol. The van der Waals surface area contributed by atoms with Crippen LogP contribution >= 0.6 is 0 Å². The van der Waals surface area contributed by atoms with Crippen LogP contribution in [-0.4, -0.2) is 59.6 Å². The quantitative estimate of drug-likeness (QED) is 0.539. The lowest BCUT2D eigenvalue weighted by Crippen LogP contribution is -2.34. The van der Waals surface area contributed by atoms with E-state index in [0.29, 0.717) is 0 Å². The van der Waals surface area contributed by atoms with Gasteiger partial charge in [0, 0.05) is 20.1 Å². The van der Waals surface area contributed by atoms with Crippen LogP contribution in [-0.2, 0) is 14.4 Å². The molecule has 1 fully saturated rings. The first kappa shape index (κ1) is 12.4. The molecule has 7 heteroatoms. The molecule has 1 amide bonds. The number of hydrogen-bond donors (Lipinski definition) is 3. The Labute approximate surface area is 92.0 Å². The molecule has 0 aromatic carbocycles. The molecular formula is C9H14N2O5. The van der Waals surface area contributed by atoms with Gasteiger partial charge in [-0.3, -0.25) is 19.3 Å². The first-order chi connectivity index (χ1) is 7.45. The summed E-state index contributed by atoms with van der Waals surface area (Å²) >= 11 is 0. The van der Waals surface area contributed by atoms with E-state index in [1.165, 1.54) is 11.9 Å². The normalized spacial score (nSPS) is 25.3. The van der Waals surface area contributed by atoms with Crippen molar-refractivity contribution < 1.29 is 24.6 Å². The van der Waals surface area contributed by atoms with Crippen molar-refractivity contribution in [2.75, 3.05) is 26.7 Å². The topological polar surface area (TPSA) is 107 Å². The van der Waals surface area contributed by atoms with Gasteiger partial charge >= 0.3 is 11.9 Å². The van der Waals surface area contributed by atoms with E-state index in [-0.39, 0.29) is 25.5 Å². The van der Waals surface area contributed by atoms with Crippen LogP contribution in [0.3, 0.4) is 0 Å². The van der Waals surface area contributed by atoms with Gasteiger partial charge < -0.3 is 15.5 Å². The summed E-state index contributed by atoms with van der Waals surface area (Å²) < 4.78 is 0. The average Bonchev–Trinajstić information content (AvgIpc) is 2.61. The molecule has 0 aliphatic carbocycles. The summed E-state index contributed by atoms with van der Waals surface area (Å²) in [6, 6.07) is 0. The van der Waals surface area contributed by atoms with E-state index in [0.717, 1.165) is 0 Å². The zero-order valence-corrected chi connectivity index (χ0v) is 8.84. The van der Waals surface area contributed by atoms with E-state index in [4.69, 9.17) is 10.2 Å². The van der Waals surface area contributed by atoms with Crippen molar-refractivity contribution in [3.8, 4) is 0 Å². The maximum atomic E-state index is 11.1. The van der Waals surface area contributed by atoms with Gasteiger partial charge in [-0.05, 0) is 0 Å². The largest absolute Gasteiger partial charge is 0.481 e. The van der Waals surface area contributed by atoms with Crippen molar-refractivity contribution in [2.24, 2.45) is 11.8 Å². The zero-order chi connectivity index (χ0) is 12.3. The molecule has 1 aliphatic rings. The number of amides is 1. The highest BCUT2D eigenvalue weighted by molar-refractivity contribution is 5.82. The number of likely N-dealkylation sites (N-methyl/N-ethyl adjacent to an activating group) is 1. The minimum Gasteiger partial charge on any atom is -0.481 e. The summed E-state index contributed by atoms with van der Waals surface area (Å²) in [7, 11) is 1.47. The first-order valence-electron chi connectivity index (χ1n) is 4.84. The number of carboxylic acid groups (broad SMARTS) is 2. The average molecular weight is 230 g/mol. The third kappa shape index (κ3) is 2.69. The number of nitrogens with one attached hydrogen (secondary N) is 1. The number of likely N-dealkylation sites (tertiary alicyclic amines) is 1. The molecule has 0 unspecified atom stereocenters. The first-order valence-corrected chi connectivity index (χ1v) is 4.84.